The van der Waals surface area contributed by atoms with E-state index in [0.717, 1.165) is 73.0 Å². The van der Waals surface area contributed by atoms with E-state index in [9.17, 15) is 10.4 Å². The van der Waals surface area contributed by atoms with E-state index < -0.39 is 0 Å². The number of aliphatic hydroxyl groups excluding tert-OH is 1. The first-order valence-electron chi connectivity index (χ1n) is 9.57. The molecule has 0 amide bonds. The highest BCUT2D eigenvalue weighted by Gasteiger charge is 2.29. The van der Waals surface area contributed by atoms with Crippen LogP contribution in [-0.4, -0.2) is 26.6 Å². The Morgan fingerprint density at radius 2 is 1.92 bits per heavy atom. The molecule has 1 saturated carbocycles. The number of nitrogens with one attached hydrogen (secondary N) is 1. The molecule has 0 spiro atoms. The molecule has 0 saturated heterocycles. The molecule has 5 rings (SSSR count). The van der Waals surface area contributed by atoms with Crippen molar-refractivity contribution < 1.29 is 5.11 Å². The van der Waals surface area contributed by atoms with Crippen molar-refractivity contribution in [2.75, 3.05) is 5.32 Å². The minimum Gasteiger partial charge on any atom is -0.391 e. The van der Waals surface area contributed by atoms with Gasteiger partial charge in [-0.3, -0.25) is 4.40 Å². The summed E-state index contributed by atoms with van der Waals surface area (Å²) in [5, 5.41) is 24.0. The van der Waals surface area contributed by atoms with Gasteiger partial charge in [0.15, 0.2) is 5.65 Å². The molecule has 0 bridgehead atoms. The summed E-state index contributed by atoms with van der Waals surface area (Å²) in [4.78, 5) is 4.77. The van der Waals surface area contributed by atoms with Gasteiger partial charge in [0.1, 0.15) is 11.9 Å². The summed E-state index contributed by atoms with van der Waals surface area (Å²) >= 11 is 0. The molecule has 0 unspecified atom stereocenters. The second kappa shape index (κ2) is 6.00. The molecule has 2 aliphatic rings. The number of aromatic nitrogens is 2. The smallest absolute Gasteiger partial charge is 0.157 e. The fourth-order valence-electron chi connectivity index (χ4n) is 4.70. The van der Waals surface area contributed by atoms with E-state index in [-0.39, 0.29) is 12.1 Å². The summed E-state index contributed by atoms with van der Waals surface area (Å²) in [7, 11) is 0. The van der Waals surface area contributed by atoms with Gasteiger partial charge in [-0.05, 0) is 55.4 Å². The second-order valence-electron chi connectivity index (χ2n) is 7.51. The van der Waals surface area contributed by atoms with Crippen LogP contribution in [0.1, 0.15) is 48.8 Å². The number of benzene rings is 1. The number of aliphatic hydroxyl groups is 1. The molecule has 0 aliphatic heterocycles. The van der Waals surface area contributed by atoms with Gasteiger partial charge in [-0.25, -0.2) is 4.98 Å². The molecule has 3 aromatic rings. The van der Waals surface area contributed by atoms with Gasteiger partial charge in [0.05, 0.1) is 28.7 Å². The summed E-state index contributed by atoms with van der Waals surface area (Å²) < 4.78 is 2.11. The maximum absolute atomic E-state index is 10.5. The van der Waals surface area contributed by atoms with Gasteiger partial charge in [-0.15, -0.1) is 0 Å². The summed E-state index contributed by atoms with van der Waals surface area (Å²) in [6.45, 7) is 0. The molecular weight excluding hydrogens is 324 g/mol. The second-order valence-corrected chi connectivity index (χ2v) is 7.51. The number of pyridine rings is 1. The first kappa shape index (κ1) is 15.7. The van der Waals surface area contributed by atoms with Crippen LogP contribution >= 0.6 is 0 Å². The van der Waals surface area contributed by atoms with E-state index in [0.29, 0.717) is 5.56 Å². The van der Waals surface area contributed by atoms with Crippen LogP contribution in [0.25, 0.3) is 16.7 Å². The van der Waals surface area contributed by atoms with Crippen LogP contribution in [-0.2, 0) is 12.8 Å². The van der Waals surface area contributed by atoms with Crippen LogP contribution in [0.15, 0.2) is 24.3 Å². The zero-order chi connectivity index (χ0) is 17.7. The van der Waals surface area contributed by atoms with Crippen molar-refractivity contribution in [3.8, 4) is 6.07 Å². The number of para-hydroxylation sites is 2. The zero-order valence-corrected chi connectivity index (χ0v) is 14.7. The maximum Gasteiger partial charge on any atom is 0.157 e. The Morgan fingerprint density at radius 1 is 1.12 bits per heavy atom. The van der Waals surface area contributed by atoms with Gasteiger partial charge in [0.2, 0.25) is 0 Å². The fourth-order valence-corrected chi connectivity index (χ4v) is 4.70. The number of hydrogen-bond acceptors (Lipinski definition) is 4. The molecule has 2 N–H and O–H groups in total. The Labute approximate surface area is 152 Å². The first-order valence-corrected chi connectivity index (χ1v) is 9.57. The van der Waals surface area contributed by atoms with Crippen LogP contribution in [0.4, 0.5) is 5.82 Å². The standard InChI is InChI=1S/C21H22N4O/c22-12-15-13-6-5-7-14(13)20(24-17-9-2-4-11-19(17)26)25-18-10-3-1-8-16(18)23-21(15)25/h1,3,8,10,17,19,24,26H,2,4-7,9,11H2/t17-,19+/m1/s1. The SMILES string of the molecule is N#Cc1c2c(c(N[C@@H]3CCCC[C@@H]3O)n3c1nc1ccccc13)CCC2. The van der Waals surface area contributed by atoms with Gasteiger partial charge < -0.3 is 10.4 Å². The van der Waals surface area contributed by atoms with Gasteiger partial charge in [-0.2, -0.15) is 5.26 Å². The monoisotopic (exact) mass is 346 g/mol. The predicted octanol–water partition coefficient (Wildman–Crippen LogP) is 3.56. The minimum atomic E-state index is -0.318. The Kier molecular flexibility index (Phi) is 3.61. The lowest BCUT2D eigenvalue weighted by Gasteiger charge is -2.30. The van der Waals surface area contributed by atoms with Crippen LogP contribution in [0.3, 0.4) is 0 Å². The average Bonchev–Trinajstić information content (AvgIpc) is 3.28. The Bertz CT molecular complexity index is 1050. The first-order chi connectivity index (χ1) is 12.8. The topological polar surface area (TPSA) is 73.3 Å². The molecule has 1 aromatic carbocycles. The molecule has 5 heteroatoms. The Balaban J connectivity index is 1.79. The quantitative estimate of drug-likeness (QED) is 0.744. The van der Waals surface area contributed by atoms with Crippen molar-refractivity contribution in [2.24, 2.45) is 0 Å². The normalized spacial score (nSPS) is 22.5. The molecule has 1 fully saturated rings. The Hall–Kier alpha value is -2.58. The van der Waals surface area contributed by atoms with E-state index in [1.165, 1.54) is 5.56 Å². The lowest BCUT2D eigenvalue weighted by molar-refractivity contribution is 0.116. The largest absolute Gasteiger partial charge is 0.391 e. The molecule has 2 aromatic heterocycles. The molecule has 2 aliphatic carbocycles. The number of nitriles is 1. The van der Waals surface area contributed by atoms with E-state index in [4.69, 9.17) is 4.98 Å². The summed E-state index contributed by atoms with van der Waals surface area (Å²) in [5.74, 6) is 1.03. The van der Waals surface area contributed by atoms with Crippen molar-refractivity contribution in [3.63, 3.8) is 0 Å². The van der Waals surface area contributed by atoms with Crippen molar-refractivity contribution in [1.29, 1.82) is 5.26 Å². The number of hydrogen-bond donors (Lipinski definition) is 2. The average molecular weight is 346 g/mol. The predicted molar refractivity (Wildman–Crippen MR) is 101 cm³/mol. The molecule has 26 heavy (non-hydrogen) atoms. The van der Waals surface area contributed by atoms with E-state index >= 15 is 0 Å². The third-order valence-corrected chi connectivity index (χ3v) is 5.98. The summed E-state index contributed by atoms with van der Waals surface area (Å²) in [5.41, 5.74) is 5.74. The van der Waals surface area contributed by atoms with Crippen molar-refractivity contribution in [1.82, 2.24) is 9.38 Å². The van der Waals surface area contributed by atoms with Crippen molar-refractivity contribution in [3.05, 3.63) is 41.0 Å². The van der Waals surface area contributed by atoms with E-state index in [1.54, 1.807) is 0 Å². The summed E-state index contributed by atoms with van der Waals surface area (Å²) in [6, 6.07) is 10.5. The molecule has 2 heterocycles. The van der Waals surface area contributed by atoms with Gasteiger partial charge in [-0.1, -0.05) is 25.0 Å². The minimum absolute atomic E-state index is 0.0609. The molecular formula is C21H22N4O. The van der Waals surface area contributed by atoms with E-state index in [2.05, 4.69) is 21.9 Å². The molecule has 132 valence electrons. The zero-order valence-electron chi connectivity index (χ0n) is 14.7. The van der Waals surface area contributed by atoms with Gasteiger partial charge in [0.25, 0.3) is 0 Å². The lowest BCUT2D eigenvalue weighted by Crippen LogP contribution is -2.37. The number of anilines is 1. The number of imidazole rings is 1. The summed E-state index contributed by atoms with van der Waals surface area (Å²) in [6.07, 6.45) is 6.71. The third kappa shape index (κ3) is 2.22. The van der Waals surface area contributed by atoms with Crippen LogP contribution < -0.4 is 5.32 Å². The Morgan fingerprint density at radius 3 is 2.77 bits per heavy atom. The number of rotatable bonds is 2. The lowest BCUT2D eigenvalue weighted by atomic mass is 9.92. The van der Waals surface area contributed by atoms with Crippen LogP contribution in [0.2, 0.25) is 0 Å². The van der Waals surface area contributed by atoms with Crippen molar-refractivity contribution >= 4 is 22.5 Å². The van der Waals surface area contributed by atoms with Crippen molar-refractivity contribution in [2.45, 2.75) is 57.1 Å². The van der Waals surface area contributed by atoms with Crippen LogP contribution in [0, 0.1) is 11.3 Å². The maximum atomic E-state index is 10.5. The highest BCUT2D eigenvalue weighted by atomic mass is 16.3. The third-order valence-electron chi connectivity index (χ3n) is 5.98. The molecule has 2 atom stereocenters. The highest BCUT2D eigenvalue weighted by molar-refractivity contribution is 5.86. The molecule has 5 nitrogen and oxygen atoms in total. The number of nitrogens with zero attached hydrogens (tertiary/aromatic N) is 3. The fraction of sp³-hybridized carbons (Fsp3) is 0.429. The molecule has 0 radical (unpaired) electrons. The highest BCUT2D eigenvalue weighted by Crippen LogP contribution is 2.37. The number of fused-ring (bicyclic) bond motifs is 4. The van der Waals surface area contributed by atoms with E-state index in [1.807, 2.05) is 18.2 Å². The van der Waals surface area contributed by atoms with Gasteiger partial charge >= 0.3 is 0 Å². The van der Waals surface area contributed by atoms with Crippen LogP contribution in [0.5, 0.6) is 0 Å². The van der Waals surface area contributed by atoms with Gasteiger partial charge in [0, 0.05) is 0 Å².